The van der Waals surface area contributed by atoms with Crippen LogP contribution in [-0.2, 0) is 11.2 Å². The second-order valence-corrected chi connectivity index (χ2v) is 3.49. The lowest BCUT2D eigenvalue weighted by Gasteiger charge is -2.04. The second-order valence-electron chi connectivity index (χ2n) is 3.49. The molecule has 0 heterocycles. The molecule has 0 spiro atoms. The second kappa shape index (κ2) is 8.84. The third-order valence-corrected chi connectivity index (χ3v) is 2.27. The lowest BCUT2D eigenvalue weighted by atomic mass is 10.1. The lowest BCUT2D eigenvalue weighted by molar-refractivity contribution is -0.120. The van der Waals surface area contributed by atoms with Gasteiger partial charge in [0.15, 0.2) is 0 Å². The van der Waals surface area contributed by atoms with Gasteiger partial charge in [-0.1, -0.05) is 12.1 Å². The third-order valence-electron chi connectivity index (χ3n) is 2.27. The summed E-state index contributed by atoms with van der Waals surface area (Å²) < 4.78 is 5.05. The molecule has 0 radical (unpaired) electrons. The van der Waals surface area contributed by atoms with E-state index in [0.717, 1.165) is 17.7 Å². The maximum atomic E-state index is 11.3. The number of amides is 1. The molecule has 0 saturated heterocycles. The molecule has 3 N–H and O–H groups in total. The van der Waals surface area contributed by atoms with Crippen LogP contribution in [0.3, 0.4) is 0 Å². The molecule has 0 atom stereocenters. The fraction of sp³-hybridized carbons (Fsp3) is 0.417. The number of halogens is 1. The Morgan fingerprint density at radius 1 is 1.35 bits per heavy atom. The van der Waals surface area contributed by atoms with Gasteiger partial charge in [0.25, 0.3) is 0 Å². The van der Waals surface area contributed by atoms with E-state index in [9.17, 15) is 4.79 Å². The zero-order chi connectivity index (χ0) is 11.8. The van der Waals surface area contributed by atoms with Crippen LogP contribution in [0.2, 0.25) is 0 Å². The van der Waals surface area contributed by atoms with Gasteiger partial charge in [0.05, 0.1) is 7.11 Å². The predicted molar refractivity (Wildman–Crippen MR) is 70.6 cm³/mol. The number of hydrogen-bond acceptors (Lipinski definition) is 3. The molecule has 0 saturated carbocycles. The Kier molecular flexibility index (Phi) is 8.19. The van der Waals surface area contributed by atoms with E-state index in [1.165, 1.54) is 0 Å². The first kappa shape index (κ1) is 15.7. The zero-order valence-corrected chi connectivity index (χ0v) is 10.8. The molecule has 0 fully saturated rings. The Labute approximate surface area is 108 Å². The summed E-state index contributed by atoms with van der Waals surface area (Å²) in [5.41, 5.74) is 6.42. The number of rotatable bonds is 6. The minimum Gasteiger partial charge on any atom is -0.497 e. The van der Waals surface area contributed by atoms with Crippen LogP contribution in [-0.4, -0.2) is 26.1 Å². The summed E-state index contributed by atoms with van der Waals surface area (Å²) in [6.07, 6.45) is 1.23. The van der Waals surface area contributed by atoms with Crippen molar-refractivity contribution in [2.45, 2.75) is 12.8 Å². The number of benzene rings is 1. The summed E-state index contributed by atoms with van der Waals surface area (Å²) in [5.74, 6) is 0.873. The van der Waals surface area contributed by atoms with Crippen LogP contribution < -0.4 is 15.8 Å². The van der Waals surface area contributed by atoms with Crippen molar-refractivity contribution in [2.24, 2.45) is 5.73 Å². The molecule has 17 heavy (non-hydrogen) atoms. The molecule has 0 aromatic heterocycles. The molecular formula is C12H19ClN2O2. The number of methoxy groups -OCH3 is 1. The molecule has 4 nitrogen and oxygen atoms in total. The molecule has 1 aromatic rings. The molecule has 0 aliphatic heterocycles. The van der Waals surface area contributed by atoms with Crippen LogP contribution in [0, 0.1) is 0 Å². The van der Waals surface area contributed by atoms with Crippen LogP contribution in [0.25, 0.3) is 0 Å². The number of carbonyl (C=O) groups excluding carboxylic acids is 1. The molecule has 96 valence electrons. The minimum absolute atomic E-state index is 0. The number of carbonyl (C=O) groups is 1. The van der Waals surface area contributed by atoms with E-state index < -0.39 is 0 Å². The normalized spacial score (nSPS) is 9.29. The van der Waals surface area contributed by atoms with Crippen molar-refractivity contribution in [3.63, 3.8) is 0 Å². The average molecular weight is 259 g/mol. The van der Waals surface area contributed by atoms with E-state index in [-0.39, 0.29) is 18.3 Å². The van der Waals surface area contributed by atoms with Gasteiger partial charge in [0.2, 0.25) is 5.91 Å². The van der Waals surface area contributed by atoms with E-state index in [4.69, 9.17) is 10.5 Å². The van der Waals surface area contributed by atoms with Gasteiger partial charge in [-0.15, -0.1) is 12.4 Å². The highest BCUT2D eigenvalue weighted by Crippen LogP contribution is 2.12. The Morgan fingerprint density at radius 2 is 2.00 bits per heavy atom. The molecular weight excluding hydrogens is 240 g/mol. The van der Waals surface area contributed by atoms with Crippen LogP contribution in [0.15, 0.2) is 24.3 Å². The van der Waals surface area contributed by atoms with E-state index >= 15 is 0 Å². The number of aryl methyl sites for hydroxylation is 1. The molecule has 1 rings (SSSR count). The molecule has 0 bridgehead atoms. The van der Waals surface area contributed by atoms with Gasteiger partial charge < -0.3 is 15.8 Å². The van der Waals surface area contributed by atoms with Gasteiger partial charge in [0, 0.05) is 19.5 Å². The maximum Gasteiger partial charge on any atom is 0.220 e. The van der Waals surface area contributed by atoms with Gasteiger partial charge in [-0.2, -0.15) is 0 Å². The monoisotopic (exact) mass is 258 g/mol. The van der Waals surface area contributed by atoms with Crippen molar-refractivity contribution >= 4 is 18.3 Å². The molecule has 0 aliphatic carbocycles. The Balaban J connectivity index is 0.00000256. The highest BCUT2D eigenvalue weighted by atomic mass is 35.5. The summed E-state index contributed by atoms with van der Waals surface area (Å²) in [4.78, 5) is 11.3. The van der Waals surface area contributed by atoms with Crippen molar-refractivity contribution in [3.05, 3.63) is 29.8 Å². The molecule has 1 amide bonds. The van der Waals surface area contributed by atoms with E-state index in [1.807, 2.05) is 24.3 Å². The third kappa shape index (κ3) is 6.14. The van der Waals surface area contributed by atoms with Crippen LogP contribution in [0.4, 0.5) is 0 Å². The summed E-state index contributed by atoms with van der Waals surface area (Å²) >= 11 is 0. The van der Waals surface area contributed by atoms with E-state index in [0.29, 0.717) is 19.5 Å². The Morgan fingerprint density at radius 3 is 2.53 bits per heavy atom. The molecule has 5 heteroatoms. The first-order valence-corrected chi connectivity index (χ1v) is 5.36. The Bertz CT molecular complexity index is 328. The van der Waals surface area contributed by atoms with Gasteiger partial charge >= 0.3 is 0 Å². The smallest absolute Gasteiger partial charge is 0.220 e. The van der Waals surface area contributed by atoms with Crippen LogP contribution in [0.5, 0.6) is 5.75 Å². The van der Waals surface area contributed by atoms with Gasteiger partial charge in [-0.25, -0.2) is 0 Å². The molecule has 0 aliphatic rings. The number of nitrogens with two attached hydrogens (primary N) is 1. The first-order chi connectivity index (χ1) is 7.76. The lowest BCUT2D eigenvalue weighted by Crippen LogP contribution is -2.29. The van der Waals surface area contributed by atoms with E-state index in [1.54, 1.807) is 7.11 Å². The summed E-state index contributed by atoms with van der Waals surface area (Å²) in [7, 11) is 1.63. The van der Waals surface area contributed by atoms with Gasteiger partial charge in [-0.05, 0) is 24.1 Å². The summed E-state index contributed by atoms with van der Waals surface area (Å²) in [6, 6.07) is 7.73. The SMILES string of the molecule is COc1ccc(CCC(=O)NCCN)cc1.Cl. The standard InChI is InChI=1S/C12H18N2O2.ClH/c1-16-11-5-2-10(3-6-11)4-7-12(15)14-9-8-13;/h2-3,5-6H,4,7-9,13H2,1H3,(H,14,15);1H. The van der Waals surface area contributed by atoms with Crippen molar-refractivity contribution in [3.8, 4) is 5.75 Å². The highest BCUT2D eigenvalue weighted by molar-refractivity contribution is 5.85. The zero-order valence-electron chi connectivity index (χ0n) is 9.94. The molecule has 1 aromatic carbocycles. The average Bonchev–Trinajstić information content (AvgIpc) is 2.34. The highest BCUT2D eigenvalue weighted by Gasteiger charge is 2.01. The van der Waals surface area contributed by atoms with Gasteiger partial charge in [0.1, 0.15) is 5.75 Å². The fourth-order valence-electron chi connectivity index (χ4n) is 1.35. The van der Waals surface area contributed by atoms with Gasteiger partial charge in [-0.3, -0.25) is 4.79 Å². The Hall–Kier alpha value is -1.26. The first-order valence-electron chi connectivity index (χ1n) is 5.36. The number of hydrogen-bond donors (Lipinski definition) is 2. The van der Waals surface area contributed by atoms with Crippen molar-refractivity contribution in [1.29, 1.82) is 0 Å². The number of ether oxygens (including phenoxy) is 1. The quantitative estimate of drug-likeness (QED) is 0.804. The number of nitrogens with one attached hydrogen (secondary N) is 1. The minimum atomic E-state index is 0. The maximum absolute atomic E-state index is 11.3. The topological polar surface area (TPSA) is 64.3 Å². The van der Waals surface area contributed by atoms with Crippen LogP contribution >= 0.6 is 12.4 Å². The fourth-order valence-corrected chi connectivity index (χ4v) is 1.35. The van der Waals surface area contributed by atoms with Crippen molar-refractivity contribution in [2.75, 3.05) is 20.2 Å². The summed E-state index contributed by atoms with van der Waals surface area (Å²) in [5, 5.41) is 2.74. The van der Waals surface area contributed by atoms with Crippen molar-refractivity contribution in [1.82, 2.24) is 5.32 Å². The van der Waals surface area contributed by atoms with Crippen LogP contribution in [0.1, 0.15) is 12.0 Å². The summed E-state index contributed by atoms with van der Waals surface area (Å²) in [6.45, 7) is 1.02. The largest absolute Gasteiger partial charge is 0.497 e. The van der Waals surface area contributed by atoms with Crippen molar-refractivity contribution < 1.29 is 9.53 Å². The molecule has 0 unspecified atom stereocenters. The predicted octanol–water partition coefficient (Wildman–Crippen LogP) is 1.12. The van der Waals surface area contributed by atoms with E-state index in [2.05, 4.69) is 5.32 Å².